The Labute approximate surface area is 106 Å². The fourth-order valence-electron chi connectivity index (χ4n) is 2.78. The quantitative estimate of drug-likeness (QED) is 0.872. The van der Waals surface area contributed by atoms with Crippen molar-refractivity contribution in [3.05, 3.63) is 23.3 Å². The Morgan fingerprint density at radius 2 is 1.89 bits per heavy atom. The monoisotopic (exact) mass is 248 g/mol. The second kappa shape index (κ2) is 3.90. The molecule has 0 radical (unpaired) electrons. The van der Waals surface area contributed by atoms with E-state index in [0.29, 0.717) is 37.6 Å². The lowest BCUT2D eigenvalue weighted by atomic mass is 9.64. The number of carbonyl (C=O) groups is 1. The van der Waals surface area contributed by atoms with E-state index >= 15 is 0 Å². The number of ether oxygens (including phenoxy) is 2. The first kappa shape index (κ1) is 11.4. The van der Waals surface area contributed by atoms with E-state index in [4.69, 9.17) is 9.47 Å². The summed E-state index contributed by atoms with van der Waals surface area (Å²) in [6, 6.07) is 3.81. The topological polar surface area (TPSA) is 55.8 Å². The van der Waals surface area contributed by atoms with Crippen molar-refractivity contribution in [2.24, 2.45) is 0 Å². The summed E-state index contributed by atoms with van der Waals surface area (Å²) in [6.45, 7) is 2.96. The molecule has 1 aromatic rings. The summed E-state index contributed by atoms with van der Waals surface area (Å²) in [5.74, 6) is 0.601. The van der Waals surface area contributed by atoms with Crippen molar-refractivity contribution >= 4 is 5.97 Å². The predicted octanol–water partition coefficient (Wildman–Crippen LogP) is 2.27. The van der Waals surface area contributed by atoms with Crippen LogP contribution in [0.3, 0.4) is 0 Å². The van der Waals surface area contributed by atoms with Crippen LogP contribution < -0.4 is 9.47 Å². The van der Waals surface area contributed by atoms with Gasteiger partial charge in [0.2, 0.25) is 0 Å². The third-order valence-electron chi connectivity index (χ3n) is 4.02. The van der Waals surface area contributed by atoms with Gasteiger partial charge in [-0.2, -0.15) is 0 Å². The van der Waals surface area contributed by atoms with Gasteiger partial charge in [-0.1, -0.05) is 18.6 Å². The summed E-state index contributed by atoms with van der Waals surface area (Å²) < 4.78 is 11.3. The SMILES string of the molecule is Cc1ccc(C2(C(=O)O)CCC2)c2c1OCCO2. The third-order valence-corrected chi connectivity index (χ3v) is 4.02. The number of aryl methyl sites for hydroxylation is 1. The number of carboxylic acid groups (broad SMARTS) is 1. The summed E-state index contributed by atoms with van der Waals surface area (Å²) in [5.41, 5.74) is 1.01. The van der Waals surface area contributed by atoms with Crippen LogP contribution in [0.2, 0.25) is 0 Å². The number of aliphatic carboxylic acids is 1. The van der Waals surface area contributed by atoms with Crippen LogP contribution in [0.5, 0.6) is 11.5 Å². The second-order valence-electron chi connectivity index (χ2n) is 5.03. The molecule has 1 aromatic carbocycles. The van der Waals surface area contributed by atoms with Crippen LogP contribution in [-0.4, -0.2) is 24.3 Å². The molecule has 0 bridgehead atoms. The molecule has 3 rings (SSSR count). The maximum atomic E-state index is 11.6. The van der Waals surface area contributed by atoms with E-state index in [9.17, 15) is 9.90 Å². The van der Waals surface area contributed by atoms with Crippen LogP contribution >= 0.6 is 0 Å². The van der Waals surface area contributed by atoms with Crippen LogP contribution in [0.15, 0.2) is 12.1 Å². The molecule has 18 heavy (non-hydrogen) atoms. The van der Waals surface area contributed by atoms with Gasteiger partial charge in [-0.3, -0.25) is 4.79 Å². The molecule has 4 nitrogen and oxygen atoms in total. The molecule has 4 heteroatoms. The summed E-state index contributed by atoms with van der Waals surface area (Å²) in [4.78, 5) is 11.6. The maximum absolute atomic E-state index is 11.6. The van der Waals surface area contributed by atoms with Gasteiger partial charge in [0, 0.05) is 5.56 Å². The minimum absolute atomic E-state index is 0.485. The van der Waals surface area contributed by atoms with Gasteiger partial charge in [0.25, 0.3) is 0 Å². The van der Waals surface area contributed by atoms with Gasteiger partial charge >= 0.3 is 5.97 Å². The number of hydrogen-bond donors (Lipinski definition) is 1. The van der Waals surface area contributed by atoms with Gasteiger partial charge in [-0.05, 0) is 25.3 Å². The van der Waals surface area contributed by atoms with Crippen LogP contribution in [0, 0.1) is 6.92 Å². The molecule has 0 aromatic heterocycles. The first-order valence-corrected chi connectivity index (χ1v) is 6.28. The van der Waals surface area contributed by atoms with E-state index in [2.05, 4.69) is 0 Å². The largest absolute Gasteiger partial charge is 0.486 e. The highest BCUT2D eigenvalue weighted by atomic mass is 16.6. The Kier molecular flexibility index (Phi) is 2.47. The molecule has 1 N–H and O–H groups in total. The molecule has 2 aliphatic rings. The zero-order chi connectivity index (χ0) is 12.8. The van der Waals surface area contributed by atoms with Crippen molar-refractivity contribution in [1.29, 1.82) is 0 Å². The molecule has 0 atom stereocenters. The normalized spacial score (nSPS) is 20.1. The lowest BCUT2D eigenvalue weighted by Crippen LogP contribution is -2.43. The van der Waals surface area contributed by atoms with Crippen molar-refractivity contribution in [1.82, 2.24) is 0 Å². The number of rotatable bonds is 2. The lowest BCUT2D eigenvalue weighted by Gasteiger charge is -2.40. The molecule has 1 aliphatic heterocycles. The summed E-state index contributed by atoms with van der Waals surface area (Å²) in [7, 11) is 0. The number of hydrogen-bond acceptors (Lipinski definition) is 3. The molecule has 0 spiro atoms. The average Bonchev–Trinajstić information content (AvgIpc) is 2.30. The van der Waals surface area contributed by atoms with Crippen LogP contribution in [-0.2, 0) is 10.2 Å². The molecule has 0 unspecified atom stereocenters. The van der Waals surface area contributed by atoms with E-state index in [1.165, 1.54) is 0 Å². The van der Waals surface area contributed by atoms with Gasteiger partial charge in [-0.25, -0.2) is 0 Å². The van der Waals surface area contributed by atoms with E-state index < -0.39 is 11.4 Å². The number of fused-ring (bicyclic) bond motifs is 1. The predicted molar refractivity (Wildman–Crippen MR) is 65.3 cm³/mol. The number of carboxylic acids is 1. The van der Waals surface area contributed by atoms with E-state index in [1.54, 1.807) is 0 Å². The van der Waals surface area contributed by atoms with Gasteiger partial charge in [-0.15, -0.1) is 0 Å². The van der Waals surface area contributed by atoms with Crippen LogP contribution in [0.25, 0.3) is 0 Å². The van der Waals surface area contributed by atoms with E-state index in [1.807, 2.05) is 19.1 Å². The van der Waals surface area contributed by atoms with E-state index in [0.717, 1.165) is 17.5 Å². The van der Waals surface area contributed by atoms with Gasteiger partial charge in [0.1, 0.15) is 13.2 Å². The molecule has 96 valence electrons. The third kappa shape index (κ3) is 1.41. The van der Waals surface area contributed by atoms with Crippen molar-refractivity contribution < 1.29 is 19.4 Å². The zero-order valence-corrected chi connectivity index (χ0v) is 10.4. The maximum Gasteiger partial charge on any atom is 0.314 e. The van der Waals surface area contributed by atoms with Gasteiger partial charge in [0.05, 0.1) is 5.41 Å². The fourth-order valence-corrected chi connectivity index (χ4v) is 2.78. The molecule has 1 saturated carbocycles. The minimum Gasteiger partial charge on any atom is -0.486 e. The second-order valence-corrected chi connectivity index (χ2v) is 5.03. The Bertz CT molecular complexity index is 503. The molecule has 0 amide bonds. The first-order valence-electron chi connectivity index (χ1n) is 6.28. The Morgan fingerprint density at radius 3 is 2.44 bits per heavy atom. The van der Waals surface area contributed by atoms with Crippen LogP contribution in [0.4, 0.5) is 0 Å². The first-order chi connectivity index (χ1) is 8.65. The summed E-state index contributed by atoms with van der Waals surface area (Å²) in [5, 5.41) is 9.51. The van der Waals surface area contributed by atoms with Crippen LogP contribution in [0.1, 0.15) is 30.4 Å². The highest BCUT2D eigenvalue weighted by molar-refractivity contribution is 5.84. The molecular formula is C14H16O4. The summed E-state index contributed by atoms with van der Waals surface area (Å²) in [6.07, 6.45) is 2.32. The van der Waals surface area contributed by atoms with E-state index in [-0.39, 0.29) is 0 Å². The smallest absolute Gasteiger partial charge is 0.314 e. The lowest BCUT2D eigenvalue weighted by molar-refractivity contribution is -0.147. The molecule has 1 heterocycles. The Hall–Kier alpha value is -1.71. The standard InChI is InChI=1S/C14H16O4/c1-9-3-4-10(12-11(9)17-7-8-18-12)14(13(15)16)5-2-6-14/h3-4H,2,5-8H2,1H3,(H,15,16). The molecular weight excluding hydrogens is 232 g/mol. The van der Waals surface area contributed by atoms with Crippen molar-refractivity contribution in [3.63, 3.8) is 0 Å². The average molecular weight is 248 g/mol. The summed E-state index contributed by atoms with van der Waals surface area (Å²) >= 11 is 0. The van der Waals surface area contributed by atoms with Gasteiger partial charge in [0.15, 0.2) is 11.5 Å². The highest BCUT2D eigenvalue weighted by Gasteiger charge is 2.48. The number of benzene rings is 1. The molecule has 0 saturated heterocycles. The fraction of sp³-hybridized carbons (Fsp3) is 0.500. The minimum atomic E-state index is -0.765. The Morgan fingerprint density at radius 1 is 1.22 bits per heavy atom. The zero-order valence-electron chi connectivity index (χ0n) is 10.4. The highest BCUT2D eigenvalue weighted by Crippen LogP contribution is 2.51. The van der Waals surface area contributed by atoms with Crippen molar-refractivity contribution in [2.45, 2.75) is 31.6 Å². The Balaban J connectivity index is 2.15. The molecule has 1 fully saturated rings. The van der Waals surface area contributed by atoms with Crippen molar-refractivity contribution in [3.8, 4) is 11.5 Å². The van der Waals surface area contributed by atoms with Gasteiger partial charge < -0.3 is 14.6 Å². The van der Waals surface area contributed by atoms with Crippen molar-refractivity contribution in [2.75, 3.05) is 13.2 Å². The molecule has 1 aliphatic carbocycles.